The van der Waals surface area contributed by atoms with Gasteiger partial charge in [-0.15, -0.1) is 0 Å². The first kappa shape index (κ1) is 10.3. The first-order valence-electron chi connectivity index (χ1n) is 3.17. The average molecular weight is 176 g/mol. The van der Waals surface area contributed by atoms with Crippen LogP contribution in [0, 0.1) is 0 Å². The maximum atomic E-state index is 8.39. The molecule has 0 aliphatic carbocycles. The van der Waals surface area contributed by atoms with Crippen LogP contribution in [0.5, 0.6) is 0 Å². The lowest BCUT2D eigenvalue weighted by atomic mass is 10.3. The van der Waals surface area contributed by atoms with Crippen LogP contribution in [0.25, 0.3) is 0 Å². The molecule has 5 heteroatoms. The van der Waals surface area contributed by atoms with E-state index in [1.54, 1.807) is 12.2 Å². The summed E-state index contributed by atoms with van der Waals surface area (Å²) in [5.74, 6) is 0. The van der Waals surface area contributed by atoms with E-state index in [1.807, 2.05) is 0 Å². The topological polar surface area (TPSA) is 78.5 Å². The average Bonchev–Trinajstić information content (AvgIpc) is 1.85. The summed E-state index contributed by atoms with van der Waals surface area (Å²) in [6, 6.07) is 0. The first-order chi connectivity index (χ1) is 5.13. The summed E-state index contributed by atoms with van der Waals surface area (Å²) in [5, 5.41) is 19.7. The van der Waals surface area contributed by atoms with Gasteiger partial charge in [-0.3, -0.25) is 0 Å². The van der Waals surface area contributed by atoms with E-state index in [1.165, 1.54) is 0 Å². The Bertz CT molecular complexity index is 148. The van der Waals surface area contributed by atoms with Gasteiger partial charge in [-0.05, 0) is 12.2 Å². The maximum absolute atomic E-state index is 8.39. The number of nitrogens with two attached hydrogens (primary N) is 1. The number of aliphatic hydroxyl groups is 2. The SMILES string of the molecule is NC(=S)NCC=CCC(O)O. The predicted molar refractivity (Wildman–Crippen MR) is 46.8 cm³/mol. The number of nitrogens with one attached hydrogen (secondary N) is 1. The molecule has 0 aromatic rings. The van der Waals surface area contributed by atoms with Crippen LogP contribution in [0.2, 0.25) is 0 Å². The lowest BCUT2D eigenvalue weighted by molar-refractivity contribution is -0.0361. The van der Waals surface area contributed by atoms with Gasteiger partial charge in [0.05, 0.1) is 0 Å². The standard InChI is InChI=1S/C6H12N2O2S/c7-6(11)8-4-2-1-3-5(9)10/h1-2,5,9-10H,3-4H2,(H3,7,8,11). The van der Waals surface area contributed by atoms with Crippen LogP contribution in [0.1, 0.15) is 6.42 Å². The number of hydrogen-bond acceptors (Lipinski definition) is 3. The molecule has 0 rings (SSSR count). The number of rotatable bonds is 4. The Hall–Kier alpha value is -0.650. The Morgan fingerprint density at radius 3 is 2.64 bits per heavy atom. The van der Waals surface area contributed by atoms with E-state index in [4.69, 9.17) is 15.9 Å². The van der Waals surface area contributed by atoms with Gasteiger partial charge in [0.15, 0.2) is 11.4 Å². The van der Waals surface area contributed by atoms with Gasteiger partial charge in [-0.1, -0.05) is 12.2 Å². The van der Waals surface area contributed by atoms with Crippen LogP contribution in [0.3, 0.4) is 0 Å². The monoisotopic (exact) mass is 176 g/mol. The van der Waals surface area contributed by atoms with E-state index in [0.717, 1.165) is 0 Å². The van der Waals surface area contributed by atoms with Crippen molar-refractivity contribution in [2.24, 2.45) is 5.73 Å². The number of aliphatic hydroxyl groups excluding tert-OH is 1. The second-order valence-electron chi connectivity index (χ2n) is 1.93. The minimum absolute atomic E-state index is 0.221. The van der Waals surface area contributed by atoms with Crippen molar-refractivity contribution in [3.63, 3.8) is 0 Å². The minimum atomic E-state index is -1.28. The lowest BCUT2D eigenvalue weighted by Gasteiger charge is -1.98. The van der Waals surface area contributed by atoms with E-state index in [0.29, 0.717) is 6.54 Å². The Labute approximate surface area is 70.7 Å². The Morgan fingerprint density at radius 2 is 2.18 bits per heavy atom. The molecule has 11 heavy (non-hydrogen) atoms. The van der Waals surface area contributed by atoms with Crippen molar-refractivity contribution >= 4 is 17.3 Å². The van der Waals surface area contributed by atoms with Gasteiger partial charge in [-0.2, -0.15) is 0 Å². The van der Waals surface area contributed by atoms with Gasteiger partial charge in [0.1, 0.15) is 0 Å². The number of thiocarbonyl (C=S) groups is 1. The molecule has 4 nitrogen and oxygen atoms in total. The normalized spacial score (nSPS) is 10.8. The van der Waals surface area contributed by atoms with Crippen molar-refractivity contribution in [2.75, 3.05) is 6.54 Å². The molecule has 0 bridgehead atoms. The van der Waals surface area contributed by atoms with Crippen LogP contribution in [0.4, 0.5) is 0 Å². The lowest BCUT2D eigenvalue weighted by Crippen LogP contribution is -2.28. The molecule has 0 radical (unpaired) electrons. The number of hydrogen-bond donors (Lipinski definition) is 4. The molecule has 0 heterocycles. The van der Waals surface area contributed by atoms with Crippen LogP contribution in [0.15, 0.2) is 12.2 Å². The van der Waals surface area contributed by atoms with Crippen LogP contribution in [-0.2, 0) is 0 Å². The van der Waals surface area contributed by atoms with Gasteiger partial charge >= 0.3 is 0 Å². The van der Waals surface area contributed by atoms with Gasteiger partial charge in [0, 0.05) is 13.0 Å². The molecule has 5 N–H and O–H groups in total. The van der Waals surface area contributed by atoms with Crippen LogP contribution < -0.4 is 11.1 Å². The van der Waals surface area contributed by atoms with E-state index in [-0.39, 0.29) is 11.5 Å². The van der Waals surface area contributed by atoms with Crippen LogP contribution in [-0.4, -0.2) is 28.2 Å². The van der Waals surface area contributed by atoms with E-state index in [2.05, 4.69) is 17.5 Å². The molecule has 0 atom stereocenters. The van der Waals surface area contributed by atoms with Crippen molar-refractivity contribution in [3.05, 3.63) is 12.2 Å². The van der Waals surface area contributed by atoms with Crippen LogP contribution >= 0.6 is 12.2 Å². The summed E-state index contributed by atoms with van der Waals surface area (Å²) < 4.78 is 0. The summed E-state index contributed by atoms with van der Waals surface area (Å²) >= 11 is 4.53. The molecule has 64 valence electrons. The molecule has 0 amide bonds. The third kappa shape index (κ3) is 9.35. The Kier molecular flexibility index (Phi) is 5.73. The highest BCUT2D eigenvalue weighted by Crippen LogP contribution is 1.86. The predicted octanol–water partition coefficient (Wildman–Crippen LogP) is -0.923. The molecule has 0 spiro atoms. The zero-order chi connectivity index (χ0) is 8.69. The van der Waals surface area contributed by atoms with Crippen molar-refractivity contribution in [3.8, 4) is 0 Å². The molecule has 0 saturated carbocycles. The Morgan fingerprint density at radius 1 is 1.55 bits per heavy atom. The fourth-order valence-electron chi connectivity index (χ4n) is 0.461. The summed E-state index contributed by atoms with van der Waals surface area (Å²) in [6.07, 6.45) is 2.30. The molecule has 0 aromatic heterocycles. The smallest absolute Gasteiger partial charge is 0.163 e. The largest absolute Gasteiger partial charge is 0.376 e. The van der Waals surface area contributed by atoms with Crippen molar-refractivity contribution in [2.45, 2.75) is 12.7 Å². The van der Waals surface area contributed by atoms with E-state index in [9.17, 15) is 0 Å². The quantitative estimate of drug-likeness (QED) is 0.253. The first-order valence-corrected chi connectivity index (χ1v) is 3.58. The molecular formula is C6H12N2O2S. The molecule has 0 aliphatic heterocycles. The van der Waals surface area contributed by atoms with Crippen molar-refractivity contribution < 1.29 is 10.2 Å². The summed E-state index contributed by atoms with van der Waals surface area (Å²) in [6.45, 7) is 0.516. The third-order valence-electron chi connectivity index (χ3n) is 0.908. The highest BCUT2D eigenvalue weighted by atomic mass is 32.1. The molecule has 0 aromatic carbocycles. The summed E-state index contributed by atoms with van der Waals surface area (Å²) in [7, 11) is 0. The summed E-state index contributed by atoms with van der Waals surface area (Å²) in [4.78, 5) is 0. The molecule has 0 unspecified atom stereocenters. The van der Waals surface area contributed by atoms with Gasteiger partial charge in [0.25, 0.3) is 0 Å². The fraction of sp³-hybridized carbons (Fsp3) is 0.500. The van der Waals surface area contributed by atoms with E-state index < -0.39 is 6.29 Å². The summed E-state index contributed by atoms with van der Waals surface area (Å²) in [5.41, 5.74) is 5.12. The van der Waals surface area contributed by atoms with E-state index >= 15 is 0 Å². The minimum Gasteiger partial charge on any atom is -0.376 e. The zero-order valence-electron chi connectivity index (χ0n) is 6.03. The fourth-order valence-corrected chi connectivity index (χ4v) is 0.544. The highest BCUT2D eigenvalue weighted by molar-refractivity contribution is 7.80. The second kappa shape index (κ2) is 6.09. The molecule has 0 aliphatic rings. The van der Waals surface area contributed by atoms with Gasteiger partial charge in [0.2, 0.25) is 0 Å². The maximum Gasteiger partial charge on any atom is 0.163 e. The molecule has 0 saturated heterocycles. The van der Waals surface area contributed by atoms with Crippen molar-refractivity contribution in [1.29, 1.82) is 0 Å². The molecule has 0 fully saturated rings. The third-order valence-corrected chi connectivity index (χ3v) is 1.05. The van der Waals surface area contributed by atoms with Gasteiger partial charge < -0.3 is 21.3 Å². The Balaban J connectivity index is 3.23. The van der Waals surface area contributed by atoms with Crippen molar-refractivity contribution in [1.82, 2.24) is 5.32 Å². The second-order valence-corrected chi connectivity index (χ2v) is 2.37. The highest BCUT2D eigenvalue weighted by Gasteiger charge is 1.89. The molecular weight excluding hydrogens is 164 g/mol. The zero-order valence-corrected chi connectivity index (χ0v) is 6.84. The van der Waals surface area contributed by atoms with Gasteiger partial charge in [-0.25, -0.2) is 0 Å².